The van der Waals surface area contributed by atoms with Gasteiger partial charge < -0.3 is 10.7 Å². The number of nitrogen functional groups attached to an aromatic ring is 1. The van der Waals surface area contributed by atoms with Gasteiger partial charge in [0.05, 0.1) is 5.52 Å². The third-order valence-corrected chi connectivity index (χ3v) is 3.66. The summed E-state index contributed by atoms with van der Waals surface area (Å²) >= 11 is 0. The van der Waals surface area contributed by atoms with Crippen LogP contribution in [0.1, 0.15) is 37.7 Å². The lowest BCUT2D eigenvalue weighted by Crippen LogP contribution is -1.95. The van der Waals surface area contributed by atoms with Gasteiger partial charge in [-0.05, 0) is 30.2 Å². The Labute approximate surface area is 94.3 Å². The van der Waals surface area contributed by atoms with Crippen molar-refractivity contribution < 1.29 is 0 Å². The van der Waals surface area contributed by atoms with Gasteiger partial charge in [-0.25, -0.2) is 9.97 Å². The van der Waals surface area contributed by atoms with Gasteiger partial charge in [0, 0.05) is 6.20 Å². The van der Waals surface area contributed by atoms with Crippen LogP contribution in [0.5, 0.6) is 0 Å². The highest BCUT2D eigenvalue weighted by atomic mass is 14.9. The molecule has 2 atom stereocenters. The van der Waals surface area contributed by atoms with Crippen LogP contribution in [0.4, 0.5) is 5.82 Å². The van der Waals surface area contributed by atoms with Crippen LogP contribution >= 0.6 is 0 Å². The summed E-state index contributed by atoms with van der Waals surface area (Å²) in [4.78, 5) is 11.5. The molecular weight excluding hydrogens is 200 g/mol. The normalized spacial score (nSPS) is 25.3. The molecule has 4 heteroatoms. The van der Waals surface area contributed by atoms with Gasteiger partial charge in [-0.1, -0.05) is 13.3 Å². The molecule has 0 amide bonds. The average molecular weight is 216 g/mol. The first-order valence-corrected chi connectivity index (χ1v) is 5.83. The second-order valence-corrected chi connectivity index (χ2v) is 4.84. The highest BCUT2D eigenvalue weighted by molar-refractivity contribution is 5.87. The molecule has 0 aromatic carbocycles. The van der Waals surface area contributed by atoms with Crippen molar-refractivity contribution in [1.82, 2.24) is 15.0 Å². The molecule has 0 radical (unpaired) electrons. The fourth-order valence-corrected chi connectivity index (χ4v) is 2.78. The third kappa shape index (κ3) is 1.37. The molecule has 84 valence electrons. The lowest BCUT2D eigenvalue weighted by molar-refractivity contribution is 0.597. The first kappa shape index (κ1) is 9.63. The van der Waals surface area contributed by atoms with Crippen molar-refractivity contribution in [3.8, 4) is 0 Å². The summed E-state index contributed by atoms with van der Waals surface area (Å²) in [6.45, 7) is 2.32. The Bertz CT molecular complexity index is 517. The number of anilines is 1. The van der Waals surface area contributed by atoms with E-state index in [4.69, 9.17) is 5.73 Å². The Kier molecular flexibility index (Phi) is 2.09. The van der Waals surface area contributed by atoms with Gasteiger partial charge in [-0.15, -0.1) is 0 Å². The average Bonchev–Trinajstić information content (AvgIpc) is 2.84. The molecular formula is C12H16N4. The fourth-order valence-electron chi connectivity index (χ4n) is 2.78. The highest BCUT2D eigenvalue weighted by Crippen LogP contribution is 2.40. The number of fused-ring (bicyclic) bond motifs is 1. The van der Waals surface area contributed by atoms with Gasteiger partial charge in [0.1, 0.15) is 11.8 Å². The molecule has 0 bridgehead atoms. The highest BCUT2D eigenvalue weighted by Gasteiger charge is 2.25. The van der Waals surface area contributed by atoms with Crippen molar-refractivity contribution in [3.05, 3.63) is 18.1 Å². The second kappa shape index (κ2) is 3.47. The van der Waals surface area contributed by atoms with Gasteiger partial charge >= 0.3 is 0 Å². The predicted octanol–water partition coefficient (Wildman–Crippen LogP) is 2.44. The summed E-state index contributed by atoms with van der Waals surface area (Å²) in [6.07, 6.45) is 7.44. The Hall–Kier alpha value is -1.58. The Morgan fingerprint density at radius 2 is 2.25 bits per heavy atom. The van der Waals surface area contributed by atoms with E-state index in [0.717, 1.165) is 17.0 Å². The van der Waals surface area contributed by atoms with Gasteiger partial charge in [0.15, 0.2) is 5.82 Å². The van der Waals surface area contributed by atoms with Crippen LogP contribution in [0.25, 0.3) is 11.0 Å². The summed E-state index contributed by atoms with van der Waals surface area (Å²) < 4.78 is 0. The summed E-state index contributed by atoms with van der Waals surface area (Å²) in [6, 6.07) is 0. The van der Waals surface area contributed by atoms with Crippen molar-refractivity contribution >= 4 is 16.9 Å². The predicted molar refractivity (Wildman–Crippen MR) is 64.1 cm³/mol. The van der Waals surface area contributed by atoms with E-state index in [-0.39, 0.29) is 0 Å². The number of hydrogen-bond donors (Lipinski definition) is 2. The van der Waals surface area contributed by atoms with E-state index in [1.165, 1.54) is 24.8 Å². The van der Waals surface area contributed by atoms with E-state index in [0.29, 0.717) is 11.7 Å². The zero-order valence-corrected chi connectivity index (χ0v) is 9.40. The molecule has 2 heterocycles. The molecule has 0 aliphatic heterocycles. The number of nitrogens with two attached hydrogens (primary N) is 1. The molecule has 1 saturated carbocycles. The van der Waals surface area contributed by atoms with E-state index in [1.807, 2.05) is 0 Å². The minimum Gasteiger partial charge on any atom is -0.382 e. The van der Waals surface area contributed by atoms with Crippen molar-refractivity contribution in [3.63, 3.8) is 0 Å². The van der Waals surface area contributed by atoms with Crippen LogP contribution in [0.2, 0.25) is 0 Å². The molecule has 3 N–H and O–H groups in total. The quantitative estimate of drug-likeness (QED) is 0.769. The number of hydrogen-bond acceptors (Lipinski definition) is 3. The Morgan fingerprint density at radius 3 is 3.00 bits per heavy atom. The molecule has 0 spiro atoms. The minimum atomic E-state index is 0.544. The zero-order valence-electron chi connectivity index (χ0n) is 9.40. The van der Waals surface area contributed by atoms with Crippen LogP contribution in [-0.2, 0) is 0 Å². The van der Waals surface area contributed by atoms with E-state index < -0.39 is 0 Å². The monoisotopic (exact) mass is 216 g/mol. The summed E-state index contributed by atoms with van der Waals surface area (Å²) in [5.41, 5.74) is 9.02. The zero-order chi connectivity index (χ0) is 11.1. The maximum atomic E-state index is 5.81. The number of H-pyrrole nitrogens is 1. The first-order valence-electron chi connectivity index (χ1n) is 5.83. The van der Waals surface area contributed by atoms with E-state index in [1.54, 1.807) is 6.33 Å². The number of rotatable bonds is 1. The van der Waals surface area contributed by atoms with Crippen LogP contribution < -0.4 is 5.73 Å². The molecule has 1 aliphatic rings. The maximum absolute atomic E-state index is 5.81. The largest absolute Gasteiger partial charge is 0.382 e. The van der Waals surface area contributed by atoms with Crippen LogP contribution in [0.3, 0.4) is 0 Å². The maximum Gasteiger partial charge on any atom is 0.151 e. The molecule has 3 rings (SSSR count). The van der Waals surface area contributed by atoms with Gasteiger partial charge in [-0.3, -0.25) is 0 Å². The molecule has 4 nitrogen and oxygen atoms in total. The van der Waals surface area contributed by atoms with Crippen molar-refractivity contribution in [2.24, 2.45) is 5.92 Å². The molecule has 2 aromatic heterocycles. The Balaban J connectivity index is 2.08. The van der Waals surface area contributed by atoms with Crippen molar-refractivity contribution in [2.75, 3.05) is 5.73 Å². The second-order valence-electron chi connectivity index (χ2n) is 4.84. The number of aromatic amines is 1. The van der Waals surface area contributed by atoms with Gasteiger partial charge in [0.25, 0.3) is 0 Å². The van der Waals surface area contributed by atoms with Gasteiger partial charge in [0.2, 0.25) is 0 Å². The van der Waals surface area contributed by atoms with Crippen molar-refractivity contribution in [1.29, 1.82) is 0 Å². The fraction of sp³-hybridized carbons (Fsp3) is 0.500. The van der Waals surface area contributed by atoms with Crippen LogP contribution in [0, 0.1) is 5.92 Å². The smallest absolute Gasteiger partial charge is 0.151 e. The molecule has 2 aromatic rings. The SMILES string of the molecule is C[C@@H]1CC[C@H](c2c[nH]c3c(N)ncnc23)C1. The van der Waals surface area contributed by atoms with Gasteiger partial charge in [-0.2, -0.15) is 0 Å². The van der Waals surface area contributed by atoms with Crippen molar-refractivity contribution in [2.45, 2.75) is 32.1 Å². The molecule has 0 saturated heterocycles. The van der Waals surface area contributed by atoms with Crippen LogP contribution in [-0.4, -0.2) is 15.0 Å². The van der Waals surface area contributed by atoms with E-state index in [9.17, 15) is 0 Å². The standard InChI is InChI=1S/C12H16N4/c1-7-2-3-8(4-7)9-5-14-11-10(9)15-6-16-12(11)13/h5-8,14H,2-4H2,1H3,(H2,13,15,16)/t7-,8+/m1/s1. The molecule has 1 fully saturated rings. The number of nitrogens with zero attached hydrogens (tertiary/aromatic N) is 2. The topological polar surface area (TPSA) is 67.6 Å². The van der Waals surface area contributed by atoms with Crippen LogP contribution in [0.15, 0.2) is 12.5 Å². The summed E-state index contributed by atoms with van der Waals surface area (Å²) in [5, 5.41) is 0. The van der Waals surface area contributed by atoms with E-state index >= 15 is 0 Å². The summed E-state index contributed by atoms with van der Waals surface area (Å²) in [5.74, 6) is 2.01. The molecule has 16 heavy (non-hydrogen) atoms. The molecule has 0 unspecified atom stereocenters. The first-order chi connectivity index (χ1) is 7.75. The number of aromatic nitrogens is 3. The minimum absolute atomic E-state index is 0.544. The molecule has 1 aliphatic carbocycles. The third-order valence-electron chi connectivity index (χ3n) is 3.66. The lowest BCUT2D eigenvalue weighted by Gasteiger charge is -2.07. The lowest BCUT2D eigenvalue weighted by atomic mass is 9.98. The summed E-state index contributed by atoms with van der Waals surface area (Å²) in [7, 11) is 0. The number of nitrogens with one attached hydrogen (secondary N) is 1. The Morgan fingerprint density at radius 1 is 1.38 bits per heavy atom. The van der Waals surface area contributed by atoms with E-state index in [2.05, 4.69) is 28.1 Å².